The fourth-order valence-electron chi connectivity index (χ4n) is 3.01. The lowest BCUT2D eigenvalue weighted by Crippen LogP contribution is -2.43. The number of rotatable bonds is 7. The van der Waals surface area contributed by atoms with Crippen molar-refractivity contribution >= 4 is 27.5 Å². The van der Waals surface area contributed by atoms with Crippen LogP contribution in [0, 0.1) is 0 Å². The Hall–Kier alpha value is -1.05. The summed E-state index contributed by atoms with van der Waals surface area (Å²) in [5, 5.41) is 2.72. The molecule has 0 heterocycles. The van der Waals surface area contributed by atoms with Crippen LogP contribution in [0.5, 0.6) is 0 Å². The molecular weight excluding hydrogens is 356 g/mol. The van der Waals surface area contributed by atoms with Gasteiger partial charge in [0.2, 0.25) is 5.91 Å². The molecule has 140 valence electrons. The van der Waals surface area contributed by atoms with E-state index in [9.17, 15) is 13.2 Å². The lowest BCUT2D eigenvalue weighted by molar-refractivity contribution is -0.121. The summed E-state index contributed by atoms with van der Waals surface area (Å²) in [6, 6.07) is 7.35. The van der Waals surface area contributed by atoms with Crippen molar-refractivity contribution in [2.45, 2.75) is 73.1 Å². The molecule has 7 heteroatoms. The third-order valence-electron chi connectivity index (χ3n) is 4.45. The number of nitrogens with one attached hydrogen (secondary N) is 1. The first kappa shape index (κ1) is 20.3. The van der Waals surface area contributed by atoms with Crippen molar-refractivity contribution in [2.75, 3.05) is 5.75 Å². The summed E-state index contributed by atoms with van der Waals surface area (Å²) >= 11 is 1.30. The molecule has 0 saturated heterocycles. The third kappa shape index (κ3) is 5.72. The number of nitrogens with two attached hydrogens (primary N) is 1. The maximum Gasteiger partial charge on any atom is 0.233 e. The molecule has 0 aromatic heterocycles. The minimum Gasteiger partial charge on any atom is -0.352 e. The number of benzene rings is 1. The molecule has 1 aromatic carbocycles. The van der Waals surface area contributed by atoms with Gasteiger partial charge < -0.3 is 11.1 Å². The van der Waals surface area contributed by atoms with E-state index in [0.717, 1.165) is 25.7 Å². The molecule has 2 rings (SSSR count). The van der Waals surface area contributed by atoms with E-state index in [2.05, 4.69) is 5.32 Å². The fraction of sp³-hybridized carbons (Fsp3) is 0.611. The van der Waals surface area contributed by atoms with Crippen LogP contribution in [0.3, 0.4) is 0 Å². The largest absolute Gasteiger partial charge is 0.352 e. The molecule has 1 unspecified atom stereocenters. The quantitative estimate of drug-likeness (QED) is 0.706. The lowest BCUT2D eigenvalue weighted by atomic mass is 9.92. The molecule has 0 aliphatic heterocycles. The predicted octanol–water partition coefficient (Wildman–Crippen LogP) is 2.74. The number of amides is 1. The Bertz CT molecular complexity index is 683. The van der Waals surface area contributed by atoms with Crippen molar-refractivity contribution in [3.63, 3.8) is 0 Å². The van der Waals surface area contributed by atoms with Gasteiger partial charge in [0.25, 0.3) is 0 Å². The van der Waals surface area contributed by atoms with E-state index in [1.807, 2.05) is 13.8 Å². The van der Waals surface area contributed by atoms with Gasteiger partial charge in [0, 0.05) is 17.0 Å². The summed E-state index contributed by atoms with van der Waals surface area (Å²) in [4.78, 5) is 13.4. The SMILES string of the molecule is CCCS(=O)(=O)c1ccccc1SC(C)C(=O)NC1CCC(N)CC1. The van der Waals surface area contributed by atoms with Gasteiger partial charge in [-0.05, 0) is 51.2 Å². The van der Waals surface area contributed by atoms with Gasteiger partial charge in [-0.2, -0.15) is 0 Å². The zero-order valence-corrected chi connectivity index (χ0v) is 16.5. The van der Waals surface area contributed by atoms with Crippen molar-refractivity contribution in [3.8, 4) is 0 Å². The molecule has 1 aliphatic rings. The number of hydrogen-bond donors (Lipinski definition) is 2. The highest BCUT2D eigenvalue weighted by Crippen LogP contribution is 2.31. The average Bonchev–Trinajstić information content (AvgIpc) is 2.57. The Morgan fingerprint density at radius 2 is 1.92 bits per heavy atom. The lowest BCUT2D eigenvalue weighted by Gasteiger charge is -2.27. The monoisotopic (exact) mass is 384 g/mol. The summed E-state index contributed by atoms with van der Waals surface area (Å²) in [6.45, 7) is 3.66. The second-order valence-electron chi connectivity index (χ2n) is 6.65. The van der Waals surface area contributed by atoms with E-state index >= 15 is 0 Å². The number of carbonyl (C=O) groups excluding carboxylic acids is 1. The molecule has 0 spiro atoms. The minimum absolute atomic E-state index is 0.0480. The zero-order chi connectivity index (χ0) is 18.4. The standard InChI is InChI=1S/C18H28N2O3S2/c1-3-12-25(22,23)17-7-5-4-6-16(17)24-13(2)18(21)20-15-10-8-14(19)9-11-15/h4-7,13-15H,3,8-12,19H2,1-2H3,(H,20,21). The van der Waals surface area contributed by atoms with E-state index in [1.54, 1.807) is 24.3 Å². The Morgan fingerprint density at radius 3 is 2.56 bits per heavy atom. The highest BCUT2D eigenvalue weighted by atomic mass is 32.2. The molecule has 1 amide bonds. The predicted molar refractivity (Wildman–Crippen MR) is 102 cm³/mol. The first-order valence-electron chi connectivity index (χ1n) is 8.88. The van der Waals surface area contributed by atoms with Crippen LogP contribution in [0.15, 0.2) is 34.1 Å². The van der Waals surface area contributed by atoms with Crippen LogP contribution in [0.25, 0.3) is 0 Å². The second-order valence-corrected chi connectivity index (χ2v) is 10.1. The summed E-state index contributed by atoms with van der Waals surface area (Å²) in [7, 11) is -3.31. The molecule has 0 radical (unpaired) electrons. The van der Waals surface area contributed by atoms with Crippen LogP contribution in [-0.2, 0) is 14.6 Å². The molecule has 1 fully saturated rings. The molecular formula is C18H28N2O3S2. The topological polar surface area (TPSA) is 89.3 Å². The molecule has 0 bridgehead atoms. The van der Waals surface area contributed by atoms with E-state index in [4.69, 9.17) is 5.73 Å². The number of hydrogen-bond acceptors (Lipinski definition) is 5. The van der Waals surface area contributed by atoms with Crippen LogP contribution in [0.1, 0.15) is 46.0 Å². The van der Waals surface area contributed by atoms with E-state index in [1.165, 1.54) is 11.8 Å². The first-order chi connectivity index (χ1) is 11.8. The van der Waals surface area contributed by atoms with Gasteiger partial charge in [0.05, 0.1) is 15.9 Å². The molecule has 1 atom stereocenters. The van der Waals surface area contributed by atoms with Crippen LogP contribution >= 0.6 is 11.8 Å². The van der Waals surface area contributed by atoms with Gasteiger partial charge in [-0.25, -0.2) is 8.42 Å². The number of thioether (sulfide) groups is 1. The van der Waals surface area contributed by atoms with Crippen LogP contribution in [0.2, 0.25) is 0 Å². The Kier molecular flexibility index (Phi) is 7.34. The zero-order valence-electron chi connectivity index (χ0n) is 14.9. The van der Waals surface area contributed by atoms with Crippen LogP contribution in [0.4, 0.5) is 0 Å². The summed E-state index contributed by atoms with van der Waals surface area (Å²) < 4.78 is 24.9. The minimum atomic E-state index is -3.31. The van der Waals surface area contributed by atoms with Crippen molar-refractivity contribution in [2.24, 2.45) is 5.73 Å². The summed E-state index contributed by atoms with van der Waals surface area (Å²) in [6.07, 6.45) is 4.26. The van der Waals surface area contributed by atoms with E-state index < -0.39 is 9.84 Å². The van der Waals surface area contributed by atoms with Gasteiger partial charge in [-0.15, -0.1) is 11.8 Å². The molecule has 1 saturated carbocycles. The van der Waals surface area contributed by atoms with Gasteiger partial charge in [0.15, 0.2) is 9.84 Å². The molecule has 1 aliphatic carbocycles. The maximum absolute atomic E-state index is 12.5. The maximum atomic E-state index is 12.5. The molecule has 3 N–H and O–H groups in total. The highest BCUT2D eigenvalue weighted by molar-refractivity contribution is 8.01. The van der Waals surface area contributed by atoms with Gasteiger partial charge in [-0.3, -0.25) is 4.79 Å². The first-order valence-corrected chi connectivity index (χ1v) is 11.4. The molecule has 1 aromatic rings. The van der Waals surface area contributed by atoms with Crippen molar-refractivity contribution in [3.05, 3.63) is 24.3 Å². The van der Waals surface area contributed by atoms with Gasteiger partial charge >= 0.3 is 0 Å². The van der Waals surface area contributed by atoms with Crippen molar-refractivity contribution < 1.29 is 13.2 Å². The van der Waals surface area contributed by atoms with Gasteiger partial charge in [-0.1, -0.05) is 19.1 Å². The highest BCUT2D eigenvalue weighted by Gasteiger charge is 2.25. The normalized spacial score (nSPS) is 22.4. The van der Waals surface area contributed by atoms with Crippen molar-refractivity contribution in [1.82, 2.24) is 5.32 Å². The fourth-order valence-corrected chi connectivity index (χ4v) is 5.85. The van der Waals surface area contributed by atoms with E-state index in [0.29, 0.717) is 16.2 Å². The summed E-state index contributed by atoms with van der Waals surface area (Å²) in [5.41, 5.74) is 5.90. The number of carbonyl (C=O) groups is 1. The molecule has 25 heavy (non-hydrogen) atoms. The van der Waals surface area contributed by atoms with Gasteiger partial charge in [0.1, 0.15) is 0 Å². The van der Waals surface area contributed by atoms with Crippen LogP contribution < -0.4 is 11.1 Å². The molecule has 5 nitrogen and oxygen atoms in total. The van der Waals surface area contributed by atoms with E-state index in [-0.39, 0.29) is 29.0 Å². The Balaban J connectivity index is 2.03. The second kappa shape index (κ2) is 9.05. The Labute approximate surface area is 155 Å². The third-order valence-corrected chi connectivity index (χ3v) is 7.73. The number of sulfone groups is 1. The summed E-state index contributed by atoms with van der Waals surface area (Å²) in [5.74, 6) is 0.0705. The Morgan fingerprint density at radius 1 is 1.28 bits per heavy atom. The average molecular weight is 385 g/mol. The smallest absolute Gasteiger partial charge is 0.233 e. The van der Waals surface area contributed by atoms with Crippen molar-refractivity contribution in [1.29, 1.82) is 0 Å². The van der Waals surface area contributed by atoms with Crippen LogP contribution in [-0.4, -0.2) is 37.4 Å².